The highest BCUT2D eigenvalue weighted by atomic mass is 19.4. The molecule has 1 aromatic carbocycles. The molecule has 4 aromatic rings. The monoisotopic (exact) mass is 649 g/mol. The summed E-state index contributed by atoms with van der Waals surface area (Å²) in [5.41, 5.74) is 0.175. The molecule has 1 aliphatic heterocycles. The molecular formula is C29H32F5N9O3. The molecule has 1 saturated heterocycles. The molecule has 1 aliphatic rings. The van der Waals surface area contributed by atoms with E-state index in [1.54, 1.807) is 18.2 Å². The summed E-state index contributed by atoms with van der Waals surface area (Å²) in [4.78, 5) is 33.5. The van der Waals surface area contributed by atoms with Gasteiger partial charge in [0, 0.05) is 49.5 Å². The Kier molecular flexibility index (Phi) is 9.81. The molecule has 246 valence electrons. The highest BCUT2D eigenvalue weighted by molar-refractivity contribution is 5.96. The maximum absolute atomic E-state index is 13.7. The molecule has 4 heterocycles. The van der Waals surface area contributed by atoms with Gasteiger partial charge < -0.3 is 26.4 Å². The summed E-state index contributed by atoms with van der Waals surface area (Å²) < 4.78 is 68.9. The summed E-state index contributed by atoms with van der Waals surface area (Å²) >= 11 is 0. The largest absolute Gasteiger partial charge is 0.435 e. The lowest BCUT2D eigenvalue weighted by molar-refractivity contribution is -0.141. The number of carbonyl (C=O) groups excluding carboxylic acids is 2. The van der Waals surface area contributed by atoms with Crippen molar-refractivity contribution in [1.82, 2.24) is 40.1 Å². The fraction of sp³-hybridized carbons (Fsp3) is 0.414. The number of aliphatic hydroxyl groups excluding tert-OH is 1. The second-order valence-electron chi connectivity index (χ2n) is 10.7. The van der Waals surface area contributed by atoms with Crippen LogP contribution in [-0.4, -0.2) is 79.3 Å². The lowest BCUT2D eigenvalue weighted by Crippen LogP contribution is -2.41. The summed E-state index contributed by atoms with van der Waals surface area (Å²) in [6.07, 6.45) is -2.06. The van der Waals surface area contributed by atoms with Crippen LogP contribution in [0, 0.1) is 0 Å². The fourth-order valence-electron chi connectivity index (χ4n) is 5.22. The van der Waals surface area contributed by atoms with Crippen LogP contribution in [0.3, 0.4) is 0 Å². The molecular weight excluding hydrogens is 617 g/mol. The number of amides is 2. The number of rotatable bonds is 12. The average Bonchev–Trinajstić information content (AvgIpc) is 3.75. The van der Waals surface area contributed by atoms with E-state index in [-0.39, 0.29) is 29.0 Å². The van der Waals surface area contributed by atoms with Gasteiger partial charge in [-0.2, -0.15) is 18.3 Å². The number of aliphatic hydroxyl groups is 1. The molecule has 12 nitrogen and oxygen atoms in total. The van der Waals surface area contributed by atoms with Crippen molar-refractivity contribution >= 4 is 29.0 Å². The van der Waals surface area contributed by atoms with Gasteiger partial charge in [-0.25, -0.2) is 18.7 Å². The number of alkyl halides is 5. The van der Waals surface area contributed by atoms with Crippen molar-refractivity contribution in [3.8, 4) is 11.3 Å². The molecule has 1 fully saturated rings. The molecule has 46 heavy (non-hydrogen) atoms. The second kappa shape index (κ2) is 13.8. The molecule has 0 radical (unpaired) electrons. The van der Waals surface area contributed by atoms with E-state index in [4.69, 9.17) is 0 Å². The highest BCUT2D eigenvalue weighted by Gasteiger charge is 2.38. The summed E-state index contributed by atoms with van der Waals surface area (Å²) in [5, 5.41) is 24.6. The number of benzene rings is 1. The van der Waals surface area contributed by atoms with E-state index in [1.165, 1.54) is 23.0 Å². The van der Waals surface area contributed by atoms with Crippen molar-refractivity contribution in [1.29, 1.82) is 0 Å². The van der Waals surface area contributed by atoms with Gasteiger partial charge in [-0.05, 0) is 43.0 Å². The fourth-order valence-corrected chi connectivity index (χ4v) is 5.22. The van der Waals surface area contributed by atoms with Crippen molar-refractivity contribution in [2.24, 2.45) is 0 Å². The molecule has 5 rings (SSSR count). The first kappa shape index (κ1) is 32.7. The highest BCUT2D eigenvalue weighted by Crippen LogP contribution is 2.37. The molecule has 0 aliphatic carbocycles. The van der Waals surface area contributed by atoms with E-state index in [2.05, 4.69) is 36.3 Å². The van der Waals surface area contributed by atoms with Gasteiger partial charge in [-0.3, -0.25) is 18.7 Å². The minimum atomic E-state index is -4.89. The minimum absolute atomic E-state index is 0.0110. The maximum Gasteiger partial charge on any atom is 0.435 e. The Balaban J connectivity index is 1.26. The van der Waals surface area contributed by atoms with Gasteiger partial charge in [0.2, 0.25) is 5.91 Å². The molecule has 2 amide bonds. The van der Waals surface area contributed by atoms with Gasteiger partial charge in [-0.1, -0.05) is 6.92 Å². The van der Waals surface area contributed by atoms with Crippen molar-refractivity contribution in [2.45, 2.75) is 57.5 Å². The third-order valence-corrected chi connectivity index (χ3v) is 7.42. The SMILES string of the molecule is CCc1cc(Nc2nccn3c(-c4cn(CC(F)F)nc4C(F)(F)F)cnc23)ccc1C(=O)NCCCNC(=O)C1CC(O)CN1. The summed E-state index contributed by atoms with van der Waals surface area (Å²) in [6.45, 7) is 1.95. The standard InChI is InChI=1S/C29H32F5N9O3/c1-2-16-10-17(4-5-19(16)27(45)36-6-3-7-37-28(46)21-11-18(44)12-38-21)40-25-26-39-13-22(43(26)9-8-35-25)20-14-42(15-23(30)31)41-24(20)29(32,33)34/h4-5,8-10,13-14,18,21,23,38,44H,2-3,6-7,11-12,15H2,1H3,(H,35,40)(H,36,45)(H,37,46). The molecule has 2 unspecified atom stereocenters. The number of carbonyl (C=O) groups is 2. The van der Waals surface area contributed by atoms with Crippen LogP contribution in [0.25, 0.3) is 16.9 Å². The van der Waals surface area contributed by atoms with Gasteiger partial charge in [0.05, 0.1) is 29.6 Å². The van der Waals surface area contributed by atoms with E-state index in [9.17, 15) is 36.6 Å². The van der Waals surface area contributed by atoms with Crippen LogP contribution < -0.4 is 21.3 Å². The first-order valence-corrected chi connectivity index (χ1v) is 14.6. The second-order valence-corrected chi connectivity index (χ2v) is 10.7. The minimum Gasteiger partial charge on any atom is -0.392 e. The van der Waals surface area contributed by atoms with Gasteiger partial charge in [0.1, 0.15) is 6.54 Å². The van der Waals surface area contributed by atoms with Crippen molar-refractivity contribution in [3.05, 3.63) is 59.8 Å². The third kappa shape index (κ3) is 7.42. The van der Waals surface area contributed by atoms with Crippen molar-refractivity contribution < 1.29 is 36.6 Å². The molecule has 0 bridgehead atoms. The molecule has 5 N–H and O–H groups in total. The number of β-amino-alcohol motifs (C(OH)–C–C–N with tert-alkyl or cyclic N) is 1. The Bertz CT molecular complexity index is 1710. The maximum atomic E-state index is 13.7. The smallest absolute Gasteiger partial charge is 0.392 e. The van der Waals surface area contributed by atoms with Gasteiger partial charge >= 0.3 is 6.18 Å². The Morgan fingerprint density at radius 1 is 1.17 bits per heavy atom. The topological polar surface area (TPSA) is 150 Å². The van der Waals surface area contributed by atoms with Crippen LogP contribution in [0.2, 0.25) is 0 Å². The first-order chi connectivity index (χ1) is 21.9. The number of anilines is 2. The zero-order valence-corrected chi connectivity index (χ0v) is 24.6. The molecule has 3 aromatic heterocycles. The van der Waals surface area contributed by atoms with E-state index < -0.39 is 42.5 Å². The van der Waals surface area contributed by atoms with E-state index >= 15 is 0 Å². The van der Waals surface area contributed by atoms with Crippen LogP contribution >= 0.6 is 0 Å². The number of nitrogens with zero attached hydrogens (tertiary/aromatic N) is 5. The normalized spacial score (nSPS) is 16.7. The van der Waals surface area contributed by atoms with Gasteiger partial charge in [-0.15, -0.1) is 0 Å². The average molecular weight is 650 g/mol. The zero-order valence-electron chi connectivity index (χ0n) is 24.6. The quantitative estimate of drug-likeness (QED) is 0.116. The summed E-state index contributed by atoms with van der Waals surface area (Å²) in [6, 6.07) is 4.62. The van der Waals surface area contributed by atoms with Crippen molar-refractivity contribution in [2.75, 3.05) is 25.0 Å². The van der Waals surface area contributed by atoms with Crippen LogP contribution in [0.4, 0.5) is 33.5 Å². The lowest BCUT2D eigenvalue weighted by Gasteiger charge is -2.13. The van der Waals surface area contributed by atoms with Crippen LogP contribution in [0.1, 0.15) is 41.4 Å². The molecule has 0 saturated carbocycles. The number of hydrogen-bond acceptors (Lipinski definition) is 8. The number of aryl methyl sites for hydroxylation is 1. The van der Waals surface area contributed by atoms with E-state index in [0.29, 0.717) is 54.8 Å². The third-order valence-electron chi connectivity index (χ3n) is 7.42. The predicted octanol–water partition coefficient (Wildman–Crippen LogP) is 3.14. The Morgan fingerprint density at radius 2 is 1.96 bits per heavy atom. The summed E-state index contributed by atoms with van der Waals surface area (Å²) in [5.74, 6) is -0.268. The van der Waals surface area contributed by atoms with Crippen LogP contribution in [0.5, 0.6) is 0 Å². The molecule has 0 spiro atoms. The number of halogens is 5. The van der Waals surface area contributed by atoms with Crippen molar-refractivity contribution in [3.63, 3.8) is 0 Å². The molecule has 17 heteroatoms. The van der Waals surface area contributed by atoms with E-state index in [0.717, 1.165) is 11.8 Å². The number of imidazole rings is 1. The van der Waals surface area contributed by atoms with E-state index in [1.807, 2.05) is 6.92 Å². The van der Waals surface area contributed by atoms with Crippen LogP contribution in [-0.2, 0) is 23.9 Å². The lowest BCUT2D eigenvalue weighted by atomic mass is 10.0. The molecule has 2 atom stereocenters. The van der Waals surface area contributed by atoms with Crippen LogP contribution in [0.15, 0.2) is 43.0 Å². The Hall–Kier alpha value is -4.64. The number of aromatic nitrogens is 5. The number of nitrogens with one attached hydrogen (secondary N) is 4. The Morgan fingerprint density at radius 3 is 2.65 bits per heavy atom. The predicted molar refractivity (Wildman–Crippen MR) is 157 cm³/mol. The van der Waals surface area contributed by atoms with Gasteiger partial charge in [0.25, 0.3) is 12.3 Å². The number of fused-ring (bicyclic) bond motifs is 1. The van der Waals surface area contributed by atoms with Gasteiger partial charge in [0.15, 0.2) is 17.2 Å². The first-order valence-electron chi connectivity index (χ1n) is 14.6. The zero-order chi connectivity index (χ0) is 33.0. The number of hydrogen-bond donors (Lipinski definition) is 5. The summed E-state index contributed by atoms with van der Waals surface area (Å²) in [7, 11) is 0. The Labute approximate surface area is 259 Å².